The highest BCUT2D eigenvalue weighted by atomic mass is 16.6. The molecule has 0 saturated carbocycles. The number of anilines is 1. The minimum Gasteiger partial charge on any atom is -0.370 e. The molecule has 6 nitrogen and oxygen atoms in total. The van der Waals surface area contributed by atoms with E-state index >= 15 is 0 Å². The number of non-ortho nitro benzene ring substituents is 1. The number of hydrogen-bond donors (Lipinski definition) is 0. The second-order valence-corrected chi connectivity index (χ2v) is 6.44. The molecule has 1 unspecified atom stereocenters. The molecule has 0 radical (unpaired) electrons. The lowest BCUT2D eigenvalue weighted by molar-refractivity contribution is -0.383. The van der Waals surface area contributed by atoms with E-state index in [0.717, 1.165) is 17.6 Å². The Morgan fingerprint density at radius 1 is 1.19 bits per heavy atom. The fraction of sp³-hybridized carbons (Fsp3) is 0.250. The molecule has 0 spiro atoms. The van der Waals surface area contributed by atoms with Crippen LogP contribution < -0.4 is 4.90 Å². The van der Waals surface area contributed by atoms with Crippen molar-refractivity contribution in [3.05, 3.63) is 76.1 Å². The summed E-state index contributed by atoms with van der Waals surface area (Å²) in [5, 5.41) is 12.7. The molecular formula is C20H19N3O3. The molecule has 6 heteroatoms. The number of ether oxygens (including phenoxy) is 1. The minimum absolute atomic E-state index is 0.0166. The Bertz CT molecular complexity index is 973. The molecule has 132 valence electrons. The number of hydrogen-bond acceptors (Lipinski definition) is 5. The molecule has 1 aliphatic heterocycles. The zero-order valence-corrected chi connectivity index (χ0v) is 14.5. The summed E-state index contributed by atoms with van der Waals surface area (Å²) < 4.78 is 6.01. The van der Waals surface area contributed by atoms with Crippen LogP contribution in [0.1, 0.15) is 17.2 Å². The molecule has 1 saturated heterocycles. The number of aryl methyl sites for hydroxylation is 1. The van der Waals surface area contributed by atoms with Crippen molar-refractivity contribution in [2.45, 2.75) is 13.0 Å². The Hall–Kier alpha value is -2.99. The highest BCUT2D eigenvalue weighted by Crippen LogP contribution is 2.35. The van der Waals surface area contributed by atoms with Crippen LogP contribution in [0.2, 0.25) is 0 Å². The summed E-state index contributed by atoms with van der Waals surface area (Å²) in [6.07, 6.45) is 3.22. The summed E-state index contributed by atoms with van der Waals surface area (Å²) >= 11 is 0. The quantitative estimate of drug-likeness (QED) is 0.527. The first kappa shape index (κ1) is 16.5. The predicted molar refractivity (Wildman–Crippen MR) is 100 cm³/mol. The van der Waals surface area contributed by atoms with Gasteiger partial charge in [0, 0.05) is 42.6 Å². The van der Waals surface area contributed by atoms with Crippen molar-refractivity contribution in [3.8, 4) is 0 Å². The smallest absolute Gasteiger partial charge is 0.278 e. The van der Waals surface area contributed by atoms with Gasteiger partial charge in [-0.05, 0) is 30.2 Å². The Morgan fingerprint density at radius 3 is 2.85 bits per heavy atom. The van der Waals surface area contributed by atoms with E-state index in [-0.39, 0.29) is 16.7 Å². The van der Waals surface area contributed by atoms with Crippen LogP contribution in [0.15, 0.2) is 54.9 Å². The molecule has 1 aromatic heterocycles. The van der Waals surface area contributed by atoms with Gasteiger partial charge in [0.2, 0.25) is 0 Å². The van der Waals surface area contributed by atoms with Gasteiger partial charge in [-0.3, -0.25) is 15.1 Å². The Labute approximate surface area is 151 Å². The second kappa shape index (κ2) is 6.72. The molecule has 26 heavy (non-hydrogen) atoms. The monoisotopic (exact) mass is 349 g/mol. The molecule has 0 amide bonds. The van der Waals surface area contributed by atoms with Gasteiger partial charge in [-0.1, -0.05) is 24.3 Å². The van der Waals surface area contributed by atoms with Gasteiger partial charge in [-0.25, -0.2) is 0 Å². The average Bonchev–Trinajstić information content (AvgIpc) is 2.67. The van der Waals surface area contributed by atoms with E-state index in [4.69, 9.17) is 4.74 Å². The van der Waals surface area contributed by atoms with Crippen LogP contribution in [0.3, 0.4) is 0 Å². The molecule has 4 rings (SSSR count). The second-order valence-electron chi connectivity index (χ2n) is 6.44. The van der Waals surface area contributed by atoms with Gasteiger partial charge in [0.1, 0.15) is 6.10 Å². The van der Waals surface area contributed by atoms with Gasteiger partial charge < -0.3 is 9.64 Å². The van der Waals surface area contributed by atoms with Gasteiger partial charge >= 0.3 is 0 Å². The molecule has 1 aliphatic rings. The number of rotatable bonds is 3. The number of nitrogens with zero attached hydrogens (tertiary/aromatic N) is 3. The van der Waals surface area contributed by atoms with Crippen molar-refractivity contribution in [3.63, 3.8) is 0 Å². The maximum Gasteiger partial charge on any atom is 0.278 e. The van der Waals surface area contributed by atoms with Crippen LogP contribution in [0.4, 0.5) is 11.4 Å². The largest absolute Gasteiger partial charge is 0.370 e. The molecule has 1 atom stereocenters. The maximum atomic E-state index is 11.3. The summed E-state index contributed by atoms with van der Waals surface area (Å²) in [6.45, 7) is 4.16. The average molecular weight is 349 g/mol. The summed E-state index contributed by atoms with van der Waals surface area (Å²) in [5.41, 5.74) is 3.46. The van der Waals surface area contributed by atoms with Crippen LogP contribution in [-0.2, 0) is 4.74 Å². The number of aromatic nitrogens is 1. The lowest BCUT2D eigenvalue weighted by Gasteiger charge is -2.35. The summed E-state index contributed by atoms with van der Waals surface area (Å²) in [4.78, 5) is 17.3. The van der Waals surface area contributed by atoms with E-state index in [1.165, 1.54) is 11.1 Å². The van der Waals surface area contributed by atoms with E-state index in [1.807, 2.05) is 24.3 Å². The SMILES string of the molecule is Cc1ccccc1C1CN(c2ccc([N+](=O)[O-])c3cnccc23)CCO1. The standard InChI is InChI=1S/C20H19N3O3/c1-14-4-2-3-5-15(14)20-13-22(10-11-26-20)18-6-7-19(23(24)25)17-12-21-9-8-16(17)18/h2-9,12,20H,10-11,13H2,1H3. The van der Waals surface area contributed by atoms with Gasteiger partial charge in [0.25, 0.3) is 5.69 Å². The Balaban J connectivity index is 1.73. The highest BCUT2D eigenvalue weighted by molar-refractivity contribution is 5.99. The van der Waals surface area contributed by atoms with E-state index in [2.05, 4.69) is 28.9 Å². The number of benzene rings is 2. The van der Waals surface area contributed by atoms with Crippen LogP contribution in [0.25, 0.3) is 10.8 Å². The van der Waals surface area contributed by atoms with Gasteiger partial charge in [0.15, 0.2) is 0 Å². The van der Waals surface area contributed by atoms with E-state index in [0.29, 0.717) is 18.5 Å². The van der Waals surface area contributed by atoms with E-state index < -0.39 is 0 Å². The maximum absolute atomic E-state index is 11.3. The first-order chi connectivity index (χ1) is 12.6. The van der Waals surface area contributed by atoms with Gasteiger partial charge in [-0.15, -0.1) is 0 Å². The molecule has 3 aromatic rings. The fourth-order valence-corrected chi connectivity index (χ4v) is 3.60. The summed E-state index contributed by atoms with van der Waals surface area (Å²) in [6, 6.07) is 13.5. The first-order valence-electron chi connectivity index (χ1n) is 8.58. The van der Waals surface area contributed by atoms with Crippen molar-refractivity contribution in [1.29, 1.82) is 0 Å². The highest BCUT2D eigenvalue weighted by Gasteiger charge is 2.25. The van der Waals surface area contributed by atoms with Crippen molar-refractivity contribution >= 4 is 22.1 Å². The number of morpholine rings is 1. The predicted octanol–water partition coefficient (Wildman–Crippen LogP) is 4.03. The first-order valence-corrected chi connectivity index (χ1v) is 8.58. The third-order valence-electron chi connectivity index (χ3n) is 4.91. The molecule has 0 N–H and O–H groups in total. The van der Waals surface area contributed by atoms with Crippen molar-refractivity contribution in [2.24, 2.45) is 0 Å². The van der Waals surface area contributed by atoms with Crippen molar-refractivity contribution < 1.29 is 9.66 Å². The third-order valence-corrected chi connectivity index (χ3v) is 4.91. The molecule has 2 heterocycles. The van der Waals surface area contributed by atoms with E-state index in [9.17, 15) is 10.1 Å². The normalized spacial score (nSPS) is 17.4. The summed E-state index contributed by atoms with van der Waals surface area (Å²) in [7, 11) is 0. The number of fused-ring (bicyclic) bond motifs is 1. The summed E-state index contributed by atoms with van der Waals surface area (Å²) in [5.74, 6) is 0. The van der Waals surface area contributed by atoms with Crippen LogP contribution in [0, 0.1) is 17.0 Å². The van der Waals surface area contributed by atoms with Gasteiger partial charge in [-0.2, -0.15) is 0 Å². The molecule has 2 aromatic carbocycles. The molecule has 1 fully saturated rings. The topological polar surface area (TPSA) is 68.5 Å². The fourth-order valence-electron chi connectivity index (χ4n) is 3.60. The number of nitro groups is 1. The third kappa shape index (κ3) is 2.88. The van der Waals surface area contributed by atoms with Crippen LogP contribution in [0.5, 0.6) is 0 Å². The van der Waals surface area contributed by atoms with Crippen molar-refractivity contribution in [2.75, 3.05) is 24.6 Å². The zero-order valence-electron chi connectivity index (χ0n) is 14.5. The van der Waals surface area contributed by atoms with Gasteiger partial charge in [0.05, 0.1) is 16.9 Å². The minimum atomic E-state index is -0.358. The Kier molecular flexibility index (Phi) is 4.26. The van der Waals surface area contributed by atoms with Crippen molar-refractivity contribution in [1.82, 2.24) is 4.98 Å². The zero-order chi connectivity index (χ0) is 18.1. The number of nitro benzene ring substituents is 1. The van der Waals surface area contributed by atoms with Crippen LogP contribution in [-0.4, -0.2) is 29.6 Å². The lowest BCUT2D eigenvalue weighted by Crippen LogP contribution is -2.38. The number of pyridine rings is 1. The molecule has 0 aliphatic carbocycles. The molecular weight excluding hydrogens is 330 g/mol. The molecule has 0 bridgehead atoms. The van der Waals surface area contributed by atoms with E-state index in [1.54, 1.807) is 18.5 Å². The Morgan fingerprint density at radius 2 is 2.04 bits per heavy atom. The van der Waals surface area contributed by atoms with Crippen LogP contribution >= 0.6 is 0 Å². The lowest BCUT2D eigenvalue weighted by atomic mass is 10.0.